The normalized spacial score (nSPS) is 22.9. The maximum atomic E-state index is 13.7. The van der Waals surface area contributed by atoms with Crippen molar-refractivity contribution in [2.75, 3.05) is 50.7 Å². The number of hydrogen-bond acceptors (Lipinski definition) is 5. The number of carbonyl (C=O) groups excluding carboxylic acids is 2. The molecule has 1 aromatic carbocycles. The third-order valence-corrected chi connectivity index (χ3v) is 7.76. The number of ether oxygens (including phenoxy) is 1. The Bertz CT molecular complexity index is 893. The molecule has 0 unspecified atom stereocenters. The fourth-order valence-electron chi connectivity index (χ4n) is 5.23. The molecule has 3 aliphatic rings. The van der Waals surface area contributed by atoms with Crippen LogP contribution in [0.15, 0.2) is 18.2 Å². The van der Waals surface area contributed by atoms with Gasteiger partial charge >= 0.3 is 6.09 Å². The zero-order valence-electron chi connectivity index (χ0n) is 20.4. The van der Waals surface area contributed by atoms with Crippen LogP contribution >= 0.6 is 23.2 Å². The molecule has 1 saturated carbocycles. The van der Waals surface area contributed by atoms with Crippen LogP contribution in [0.5, 0.6) is 0 Å². The summed E-state index contributed by atoms with van der Waals surface area (Å²) in [7, 11) is 0. The first-order valence-corrected chi connectivity index (χ1v) is 13.1. The fraction of sp³-hybridized carbons (Fsp3) is 0.680. The van der Waals surface area contributed by atoms with Gasteiger partial charge in [-0.25, -0.2) is 4.79 Å². The molecule has 9 heteroatoms. The molecule has 2 saturated heterocycles. The van der Waals surface area contributed by atoms with Gasteiger partial charge in [-0.2, -0.15) is 0 Å². The molecule has 1 aromatic rings. The van der Waals surface area contributed by atoms with Gasteiger partial charge in [0.25, 0.3) is 0 Å². The van der Waals surface area contributed by atoms with Crippen LogP contribution < -0.4 is 4.90 Å². The van der Waals surface area contributed by atoms with E-state index in [9.17, 15) is 9.59 Å². The van der Waals surface area contributed by atoms with E-state index in [1.807, 2.05) is 37.8 Å². The minimum atomic E-state index is -0.598. The quantitative estimate of drug-likeness (QED) is 0.598. The van der Waals surface area contributed by atoms with Gasteiger partial charge in [-0.15, -0.1) is 0 Å². The lowest BCUT2D eigenvalue weighted by Crippen LogP contribution is -2.64. The van der Waals surface area contributed by atoms with E-state index < -0.39 is 17.7 Å². The van der Waals surface area contributed by atoms with Gasteiger partial charge in [-0.1, -0.05) is 36.0 Å². The molecule has 0 bridgehead atoms. The summed E-state index contributed by atoms with van der Waals surface area (Å²) < 4.78 is 5.67. The molecule has 2 heterocycles. The van der Waals surface area contributed by atoms with Crippen LogP contribution in [0.3, 0.4) is 0 Å². The van der Waals surface area contributed by atoms with Crippen LogP contribution in [0.1, 0.15) is 46.5 Å². The highest BCUT2D eigenvalue weighted by Crippen LogP contribution is 2.29. The fourth-order valence-corrected chi connectivity index (χ4v) is 5.53. The molecule has 0 aromatic heterocycles. The molecule has 1 atom stereocenters. The summed E-state index contributed by atoms with van der Waals surface area (Å²) in [6.07, 6.45) is 4.44. The van der Waals surface area contributed by atoms with Crippen molar-refractivity contribution in [2.45, 2.75) is 64.1 Å². The molecule has 34 heavy (non-hydrogen) atoms. The Hall–Kier alpha value is -1.70. The van der Waals surface area contributed by atoms with Crippen molar-refractivity contribution in [2.24, 2.45) is 0 Å². The van der Waals surface area contributed by atoms with E-state index in [-0.39, 0.29) is 5.91 Å². The smallest absolute Gasteiger partial charge is 0.411 e. The van der Waals surface area contributed by atoms with Gasteiger partial charge in [0, 0.05) is 57.5 Å². The summed E-state index contributed by atoms with van der Waals surface area (Å²) in [4.78, 5) is 34.9. The summed E-state index contributed by atoms with van der Waals surface area (Å²) in [5.74, 6) is 0.0161. The molecule has 2 amide bonds. The van der Waals surface area contributed by atoms with Crippen LogP contribution in [0.25, 0.3) is 0 Å². The van der Waals surface area contributed by atoms with Crippen LogP contribution in [0.4, 0.5) is 10.5 Å². The topological polar surface area (TPSA) is 56.3 Å². The molecule has 3 fully saturated rings. The van der Waals surface area contributed by atoms with Crippen LogP contribution in [-0.4, -0.2) is 90.2 Å². The molecule has 0 N–H and O–H groups in total. The minimum absolute atomic E-state index is 0.0161. The Balaban J connectivity index is 1.44. The Kier molecular flexibility index (Phi) is 7.85. The highest BCUT2D eigenvalue weighted by Gasteiger charge is 2.41. The second-order valence-corrected chi connectivity index (χ2v) is 11.3. The number of amides is 2. The lowest BCUT2D eigenvalue weighted by atomic mass is 10.1. The van der Waals surface area contributed by atoms with Crippen LogP contribution in [0, 0.1) is 0 Å². The Morgan fingerprint density at radius 3 is 2.24 bits per heavy atom. The van der Waals surface area contributed by atoms with Gasteiger partial charge in [0.05, 0.1) is 10.0 Å². The number of piperazine rings is 2. The van der Waals surface area contributed by atoms with Crippen molar-refractivity contribution < 1.29 is 14.3 Å². The van der Waals surface area contributed by atoms with E-state index in [1.165, 1.54) is 25.7 Å². The van der Waals surface area contributed by atoms with Crippen molar-refractivity contribution in [3.63, 3.8) is 0 Å². The molecule has 7 nitrogen and oxygen atoms in total. The number of anilines is 1. The van der Waals surface area contributed by atoms with E-state index in [0.29, 0.717) is 55.4 Å². The molecule has 0 spiro atoms. The third-order valence-electron chi connectivity index (χ3n) is 7.03. The zero-order valence-corrected chi connectivity index (χ0v) is 21.9. The summed E-state index contributed by atoms with van der Waals surface area (Å²) in [5.41, 5.74) is 0.403. The first-order valence-electron chi connectivity index (χ1n) is 12.3. The maximum Gasteiger partial charge on any atom is 0.411 e. The molecule has 0 radical (unpaired) electrons. The number of halogens is 2. The molecule has 188 valence electrons. The van der Waals surface area contributed by atoms with Gasteiger partial charge in [0.2, 0.25) is 5.91 Å². The zero-order chi connectivity index (χ0) is 24.5. The highest BCUT2D eigenvalue weighted by molar-refractivity contribution is 6.42. The average Bonchev–Trinajstić information content (AvgIpc) is 3.34. The Morgan fingerprint density at radius 2 is 1.62 bits per heavy atom. The van der Waals surface area contributed by atoms with E-state index in [2.05, 4.69) is 9.80 Å². The Labute approximate surface area is 212 Å². The SMILES string of the molecule is CC(C)(C)OC(=O)N1CCN(C2CCCC2)C[C@@H]1C(=O)N1CCN(c2ccc(Cl)c(Cl)c2)CC1. The standard InChI is InChI=1S/C25H36Cl2N4O3/c1-25(2,3)34-24(33)31-15-14-30(18-6-4-5-7-18)17-22(31)23(32)29-12-10-28(11-13-29)19-8-9-20(26)21(27)16-19/h8-9,16,18,22H,4-7,10-15,17H2,1-3H3/t22-/m1/s1. The van der Waals surface area contributed by atoms with Crippen LogP contribution in [-0.2, 0) is 9.53 Å². The average molecular weight is 511 g/mol. The summed E-state index contributed by atoms with van der Waals surface area (Å²) in [6, 6.07) is 5.63. The van der Waals surface area contributed by atoms with E-state index in [0.717, 1.165) is 12.2 Å². The predicted molar refractivity (Wildman–Crippen MR) is 136 cm³/mol. The van der Waals surface area contributed by atoms with Crippen LogP contribution in [0.2, 0.25) is 10.0 Å². The number of hydrogen-bond donors (Lipinski definition) is 0. The van der Waals surface area contributed by atoms with Crippen molar-refractivity contribution in [1.29, 1.82) is 0 Å². The number of rotatable bonds is 3. The third kappa shape index (κ3) is 5.92. The number of nitrogens with zero attached hydrogens (tertiary/aromatic N) is 4. The monoisotopic (exact) mass is 510 g/mol. The van der Waals surface area contributed by atoms with Crippen molar-refractivity contribution in [1.82, 2.24) is 14.7 Å². The molecule has 1 aliphatic carbocycles. The summed E-state index contributed by atoms with van der Waals surface area (Å²) in [5, 5.41) is 1.06. The van der Waals surface area contributed by atoms with Gasteiger partial charge in [0.15, 0.2) is 0 Å². The second kappa shape index (κ2) is 10.5. The maximum absolute atomic E-state index is 13.7. The lowest BCUT2D eigenvalue weighted by Gasteiger charge is -2.45. The molecule has 2 aliphatic heterocycles. The second-order valence-electron chi connectivity index (χ2n) is 10.5. The minimum Gasteiger partial charge on any atom is -0.444 e. The van der Waals surface area contributed by atoms with E-state index >= 15 is 0 Å². The van der Waals surface area contributed by atoms with Gasteiger partial charge in [0.1, 0.15) is 11.6 Å². The first kappa shape index (κ1) is 25.4. The molecular formula is C25H36Cl2N4O3. The predicted octanol–water partition coefficient (Wildman–Crippen LogP) is 4.51. The van der Waals surface area contributed by atoms with Crippen molar-refractivity contribution in [3.8, 4) is 0 Å². The molecular weight excluding hydrogens is 475 g/mol. The number of carbonyl (C=O) groups is 2. The van der Waals surface area contributed by atoms with E-state index in [1.54, 1.807) is 11.0 Å². The largest absolute Gasteiger partial charge is 0.444 e. The first-order chi connectivity index (χ1) is 16.1. The highest BCUT2D eigenvalue weighted by atomic mass is 35.5. The van der Waals surface area contributed by atoms with E-state index in [4.69, 9.17) is 27.9 Å². The summed E-state index contributed by atoms with van der Waals surface area (Å²) >= 11 is 12.3. The molecule has 4 rings (SSSR count). The number of benzene rings is 1. The lowest BCUT2D eigenvalue weighted by molar-refractivity contribution is -0.140. The van der Waals surface area contributed by atoms with Gasteiger partial charge < -0.3 is 14.5 Å². The van der Waals surface area contributed by atoms with Gasteiger partial charge in [-0.3, -0.25) is 14.6 Å². The Morgan fingerprint density at radius 1 is 0.941 bits per heavy atom. The van der Waals surface area contributed by atoms with Gasteiger partial charge in [-0.05, 0) is 51.8 Å². The van der Waals surface area contributed by atoms with Crippen molar-refractivity contribution in [3.05, 3.63) is 28.2 Å². The summed E-state index contributed by atoms with van der Waals surface area (Å²) in [6.45, 7) is 10.1. The van der Waals surface area contributed by atoms with Crippen molar-refractivity contribution >= 4 is 40.9 Å².